The molecule has 3 aromatic carbocycles. The lowest BCUT2D eigenvalue weighted by atomic mass is 9.94. The van der Waals surface area contributed by atoms with Crippen molar-refractivity contribution in [3.8, 4) is 22.3 Å². The van der Waals surface area contributed by atoms with Gasteiger partial charge in [-0.2, -0.15) is 16.8 Å². The number of hydrogen-bond donors (Lipinski definition) is 2. The van der Waals surface area contributed by atoms with Crippen LogP contribution in [-0.2, 0) is 20.2 Å². The number of benzene rings is 3. The molecular formula is C18H19O8PS2. The van der Waals surface area contributed by atoms with Gasteiger partial charge in [0.1, 0.15) is 0 Å². The van der Waals surface area contributed by atoms with Gasteiger partial charge in [0, 0.05) is 0 Å². The van der Waals surface area contributed by atoms with E-state index >= 15 is 0 Å². The molecule has 8 nitrogen and oxygen atoms in total. The zero-order valence-corrected chi connectivity index (χ0v) is 17.6. The number of hydrogen-bond acceptors (Lipinski definition) is 4. The van der Waals surface area contributed by atoms with Crippen molar-refractivity contribution in [3.63, 3.8) is 0 Å². The molecule has 29 heavy (non-hydrogen) atoms. The molecule has 0 fully saturated rings. The Hall–Kier alpha value is -2.17. The van der Waals surface area contributed by atoms with E-state index in [1.54, 1.807) is 24.3 Å². The van der Waals surface area contributed by atoms with Crippen LogP contribution >= 0.6 is 9.24 Å². The highest BCUT2D eigenvalue weighted by Crippen LogP contribution is 2.33. The first-order chi connectivity index (χ1) is 12.6. The summed E-state index contributed by atoms with van der Waals surface area (Å²) >= 11 is 0. The number of rotatable bonds is 4. The topological polar surface area (TPSA) is 172 Å². The summed E-state index contributed by atoms with van der Waals surface area (Å²) in [5, 5.41) is 0.853. The minimum atomic E-state index is -4.28. The van der Waals surface area contributed by atoms with E-state index in [-0.39, 0.29) is 20.7 Å². The molecular weight excluding hydrogens is 439 g/mol. The third-order valence-corrected chi connectivity index (χ3v) is 6.22. The summed E-state index contributed by atoms with van der Waals surface area (Å²) in [7, 11) is -5.95. The first-order valence-electron chi connectivity index (χ1n) is 7.62. The van der Waals surface area contributed by atoms with Crippen LogP contribution in [0.4, 0.5) is 0 Å². The van der Waals surface area contributed by atoms with Crippen LogP contribution in [0.5, 0.6) is 0 Å². The first-order valence-corrected chi connectivity index (χ1v) is 11.1. The van der Waals surface area contributed by atoms with E-state index in [0.29, 0.717) is 0 Å². The van der Waals surface area contributed by atoms with E-state index in [1.807, 2.05) is 18.2 Å². The van der Waals surface area contributed by atoms with Gasteiger partial charge in [-0.05, 0) is 51.8 Å². The normalized spacial score (nSPS) is 11.3. The molecule has 1 unspecified atom stereocenters. The summed E-state index contributed by atoms with van der Waals surface area (Å²) in [6, 6.07) is 17.1. The minimum Gasteiger partial charge on any atom is -0.412 e. The third kappa shape index (κ3) is 5.46. The molecule has 1 atom stereocenters. The van der Waals surface area contributed by atoms with Crippen molar-refractivity contribution in [1.29, 1.82) is 0 Å². The molecule has 0 saturated heterocycles. The Kier molecular flexibility index (Phi) is 7.80. The van der Waals surface area contributed by atoms with Gasteiger partial charge in [-0.15, -0.1) is 9.24 Å². The highest BCUT2D eigenvalue weighted by atomic mass is 32.2. The van der Waals surface area contributed by atoms with Gasteiger partial charge in [0.15, 0.2) is 0 Å². The molecule has 11 heteroatoms. The van der Waals surface area contributed by atoms with Gasteiger partial charge in [0.25, 0.3) is 20.2 Å². The summed E-state index contributed by atoms with van der Waals surface area (Å²) in [5.41, 5.74) is 3.05. The highest BCUT2D eigenvalue weighted by molar-refractivity contribution is 7.86. The van der Waals surface area contributed by atoms with Crippen LogP contribution < -0.4 is 5.30 Å². The Morgan fingerprint density at radius 1 is 0.621 bits per heavy atom. The standard InChI is InChI=1S/C18H15O6PS2.2H2O/c19-26(20,21)14-8-4-12(5-9-14)16-2-1-3-17(25)18(16)13-6-10-15(11-7-13)27(22,23)24;;/h1-11H,25H2,(H,19,20,21)(H,22,23,24);2*1H2. The minimum absolute atomic E-state index is 0. The maximum absolute atomic E-state index is 11.2. The van der Waals surface area contributed by atoms with Crippen LogP contribution in [0.3, 0.4) is 0 Å². The molecule has 0 spiro atoms. The predicted molar refractivity (Wildman–Crippen MR) is 114 cm³/mol. The predicted octanol–water partition coefficient (Wildman–Crippen LogP) is 1.36. The zero-order chi connectivity index (χ0) is 19.8. The van der Waals surface area contributed by atoms with Crippen molar-refractivity contribution in [2.24, 2.45) is 0 Å². The molecule has 0 amide bonds. The molecule has 0 aliphatic heterocycles. The SMILES string of the molecule is O.O.O=S(=O)(O)c1ccc(-c2cccc(P)c2-c2ccc(S(=O)(=O)O)cc2)cc1. The van der Waals surface area contributed by atoms with Crippen molar-refractivity contribution in [3.05, 3.63) is 66.7 Å². The van der Waals surface area contributed by atoms with Gasteiger partial charge in [-0.3, -0.25) is 9.11 Å². The Morgan fingerprint density at radius 2 is 1.03 bits per heavy atom. The van der Waals surface area contributed by atoms with Gasteiger partial charge < -0.3 is 11.0 Å². The first kappa shape index (κ1) is 24.9. The summed E-state index contributed by atoms with van der Waals surface area (Å²) in [6.45, 7) is 0. The van der Waals surface area contributed by atoms with Gasteiger partial charge in [-0.1, -0.05) is 42.5 Å². The Morgan fingerprint density at radius 3 is 1.45 bits per heavy atom. The zero-order valence-electron chi connectivity index (χ0n) is 14.8. The van der Waals surface area contributed by atoms with E-state index in [4.69, 9.17) is 9.11 Å². The molecule has 6 N–H and O–H groups in total. The molecule has 0 bridgehead atoms. The fourth-order valence-corrected chi connectivity index (χ4v) is 4.13. The fraction of sp³-hybridized carbons (Fsp3) is 0. The molecule has 0 aliphatic rings. The average molecular weight is 458 g/mol. The van der Waals surface area contributed by atoms with E-state index in [0.717, 1.165) is 27.6 Å². The molecule has 3 aromatic rings. The molecule has 3 rings (SSSR count). The third-order valence-electron chi connectivity index (χ3n) is 4.00. The van der Waals surface area contributed by atoms with Gasteiger partial charge in [-0.25, -0.2) is 0 Å². The van der Waals surface area contributed by atoms with Crippen molar-refractivity contribution in [2.75, 3.05) is 0 Å². The fourth-order valence-electron chi connectivity index (χ4n) is 2.73. The van der Waals surface area contributed by atoms with E-state index in [2.05, 4.69) is 9.24 Å². The summed E-state index contributed by atoms with van der Waals surface area (Å²) in [5.74, 6) is 0. The monoisotopic (exact) mass is 458 g/mol. The second kappa shape index (κ2) is 9.10. The van der Waals surface area contributed by atoms with Crippen LogP contribution in [0.2, 0.25) is 0 Å². The molecule has 0 radical (unpaired) electrons. The second-order valence-corrected chi connectivity index (χ2v) is 9.23. The molecule has 0 heterocycles. The molecule has 0 aromatic heterocycles. The van der Waals surface area contributed by atoms with Crippen LogP contribution in [0.1, 0.15) is 0 Å². The van der Waals surface area contributed by atoms with Gasteiger partial charge >= 0.3 is 0 Å². The van der Waals surface area contributed by atoms with Crippen LogP contribution in [0, 0.1) is 0 Å². The lowest BCUT2D eigenvalue weighted by Gasteiger charge is -2.14. The quantitative estimate of drug-likeness (QED) is 0.441. The van der Waals surface area contributed by atoms with Crippen LogP contribution in [0.25, 0.3) is 22.3 Å². The highest BCUT2D eigenvalue weighted by Gasteiger charge is 2.14. The Balaban J connectivity index is 0.00000210. The molecule has 0 saturated carbocycles. The van der Waals surface area contributed by atoms with Crippen molar-refractivity contribution >= 4 is 34.8 Å². The lowest BCUT2D eigenvalue weighted by Crippen LogP contribution is -2.02. The maximum Gasteiger partial charge on any atom is 0.294 e. The van der Waals surface area contributed by atoms with E-state index in [1.165, 1.54) is 24.3 Å². The van der Waals surface area contributed by atoms with Crippen LogP contribution in [0.15, 0.2) is 76.5 Å². The van der Waals surface area contributed by atoms with Gasteiger partial charge in [0.05, 0.1) is 9.79 Å². The van der Waals surface area contributed by atoms with Crippen molar-refractivity contribution < 1.29 is 36.9 Å². The molecule has 156 valence electrons. The Bertz CT molecular complexity index is 1200. The summed E-state index contributed by atoms with van der Waals surface area (Å²) < 4.78 is 63.1. The van der Waals surface area contributed by atoms with Crippen molar-refractivity contribution in [1.82, 2.24) is 0 Å². The van der Waals surface area contributed by atoms with Crippen molar-refractivity contribution in [2.45, 2.75) is 9.79 Å². The average Bonchev–Trinajstić information content (AvgIpc) is 2.60. The van der Waals surface area contributed by atoms with Crippen LogP contribution in [-0.4, -0.2) is 36.9 Å². The van der Waals surface area contributed by atoms with E-state index < -0.39 is 20.2 Å². The smallest absolute Gasteiger partial charge is 0.294 e. The van der Waals surface area contributed by atoms with Gasteiger partial charge in [0.2, 0.25) is 0 Å². The largest absolute Gasteiger partial charge is 0.412 e. The van der Waals surface area contributed by atoms with E-state index in [9.17, 15) is 16.8 Å². The second-order valence-electron chi connectivity index (χ2n) is 5.77. The Labute approximate surface area is 170 Å². The summed E-state index contributed by atoms with van der Waals surface area (Å²) in [4.78, 5) is -0.404. The molecule has 0 aliphatic carbocycles. The maximum atomic E-state index is 11.2. The lowest BCUT2D eigenvalue weighted by molar-refractivity contribution is 0.481. The summed E-state index contributed by atoms with van der Waals surface area (Å²) in [6.07, 6.45) is 0.